The van der Waals surface area contributed by atoms with Crippen LogP contribution in [0, 0.1) is 6.92 Å². The molecule has 1 aromatic heterocycles. The van der Waals surface area contributed by atoms with Gasteiger partial charge in [0, 0.05) is 30.6 Å². The second-order valence-electron chi connectivity index (χ2n) is 4.63. The monoisotopic (exact) mass is 256 g/mol. The lowest BCUT2D eigenvalue weighted by Gasteiger charge is -2.34. The number of hydrogen-bond acceptors (Lipinski definition) is 4. The van der Waals surface area contributed by atoms with Gasteiger partial charge in [0.2, 0.25) is 0 Å². The predicted molar refractivity (Wildman–Crippen MR) is 74.4 cm³/mol. The van der Waals surface area contributed by atoms with Crippen LogP contribution in [0.1, 0.15) is 36.8 Å². The SMILES string of the molecule is Cc1ccsc1C(CN)N(CCCO)C(C)C. The molecule has 1 heterocycles. The molecule has 0 amide bonds. The van der Waals surface area contributed by atoms with Crippen LogP contribution >= 0.6 is 11.3 Å². The average Bonchev–Trinajstić information content (AvgIpc) is 2.70. The highest BCUT2D eigenvalue weighted by Gasteiger charge is 2.23. The summed E-state index contributed by atoms with van der Waals surface area (Å²) >= 11 is 1.78. The molecular formula is C13H24N2OS. The average molecular weight is 256 g/mol. The van der Waals surface area contributed by atoms with E-state index in [0.717, 1.165) is 13.0 Å². The zero-order chi connectivity index (χ0) is 12.8. The summed E-state index contributed by atoms with van der Waals surface area (Å²) in [6.07, 6.45) is 0.805. The second kappa shape index (κ2) is 7.11. The molecule has 0 spiro atoms. The molecule has 3 nitrogen and oxygen atoms in total. The minimum Gasteiger partial charge on any atom is -0.396 e. The zero-order valence-corrected chi connectivity index (χ0v) is 11.8. The van der Waals surface area contributed by atoms with E-state index in [2.05, 4.69) is 37.1 Å². The molecule has 0 aromatic carbocycles. The maximum atomic E-state index is 8.98. The summed E-state index contributed by atoms with van der Waals surface area (Å²) in [5, 5.41) is 11.1. The van der Waals surface area contributed by atoms with Crippen LogP contribution in [-0.2, 0) is 0 Å². The molecule has 0 aliphatic rings. The summed E-state index contributed by atoms with van der Waals surface area (Å²) in [6, 6.07) is 2.87. The Bertz CT molecular complexity index is 325. The second-order valence-corrected chi connectivity index (χ2v) is 5.58. The van der Waals surface area contributed by atoms with Gasteiger partial charge in [0.05, 0.1) is 6.04 Å². The first-order chi connectivity index (χ1) is 8.11. The normalized spacial score (nSPS) is 13.6. The van der Waals surface area contributed by atoms with Crippen LogP contribution in [0.15, 0.2) is 11.4 Å². The van der Waals surface area contributed by atoms with Crippen molar-refractivity contribution < 1.29 is 5.11 Å². The smallest absolute Gasteiger partial charge is 0.0569 e. The fraction of sp³-hybridized carbons (Fsp3) is 0.692. The lowest BCUT2D eigenvalue weighted by Crippen LogP contribution is -2.39. The van der Waals surface area contributed by atoms with Gasteiger partial charge in [-0.3, -0.25) is 4.90 Å². The maximum absolute atomic E-state index is 8.98. The van der Waals surface area contributed by atoms with Crippen LogP contribution in [0.4, 0.5) is 0 Å². The van der Waals surface area contributed by atoms with E-state index in [4.69, 9.17) is 10.8 Å². The molecule has 4 heteroatoms. The van der Waals surface area contributed by atoms with Crippen LogP contribution in [0.5, 0.6) is 0 Å². The first-order valence-electron chi connectivity index (χ1n) is 6.22. The number of thiophene rings is 1. The van der Waals surface area contributed by atoms with Crippen molar-refractivity contribution in [1.29, 1.82) is 0 Å². The van der Waals surface area contributed by atoms with Crippen LogP contribution in [0.25, 0.3) is 0 Å². The highest BCUT2D eigenvalue weighted by atomic mass is 32.1. The Balaban J connectivity index is 2.85. The molecule has 0 saturated heterocycles. The molecule has 1 rings (SSSR count). The fourth-order valence-corrected chi connectivity index (χ4v) is 3.21. The van der Waals surface area contributed by atoms with Gasteiger partial charge in [-0.05, 0) is 44.2 Å². The Hall–Kier alpha value is -0.420. The van der Waals surface area contributed by atoms with Crippen molar-refractivity contribution in [2.75, 3.05) is 19.7 Å². The van der Waals surface area contributed by atoms with Crippen molar-refractivity contribution >= 4 is 11.3 Å². The van der Waals surface area contributed by atoms with Gasteiger partial charge in [0.15, 0.2) is 0 Å². The molecule has 3 N–H and O–H groups in total. The number of rotatable bonds is 7. The van der Waals surface area contributed by atoms with E-state index < -0.39 is 0 Å². The molecule has 98 valence electrons. The molecule has 0 aliphatic carbocycles. The molecule has 0 fully saturated rings. The van der Waals surface area contributed by atoms with Crippen LogP contribution < -0.4 is 5.73 Å². The topological polar surface area (TPSA) is 49.5 Å². The summed E-state index contributed by atoms with van der Waals surface area (Å²) in [5.74, 6) is 0. The van der Waals surface area contributed by atoms with Gasteiger partial charge in [-0.1, -0.05) is 0 Å². The lowest BCUT2D eigenvalue weighted by atomic mass is 10.1. The number of nitrogens with zero attached hydrogens (tertiary/aromatic N) is 1. The summed E-state index contributed by atoms with van der Waals surface area (Å²) in [6.45, 7) is 8.27. The third-order valence-electron chi connectivity index (χ3n) is 3.07. The van der Waals surface area contributed by atoms with E-state index in [1.165, 1.54) is 10.4 Å². The third kappa shape index (κ3) is 3.78. The molecule has 1 atom stereocenters. The van der Waals surface area contributed by atoms with Crippen molar-refractivity contribution in [1.82, 2.24) is 4.90 Å². The molecular weight excluding hydrogens is 232 g/mol. The number of aryl methyl sites for hydroxylation is 1. The summed E-state index contributed by atoms with van der Waals surface area (Å²) < 4.78 is 0. The van der Waals surface area contributed by atoms with Crippen LogP contribution in [-0.4, -0.2) is 35.7 Å². The highest BCUT2D eigenvalue weighted by Crippen LogP contribution is 2.29. The van der Waals surface area contributed by atoms with E-state index in [9.17, 15) is 0 Å². The van der Waals surface area contributed by atoms with E-state index in [1.807, 2.05) is 0 Å². The van der Waals surface area contributed by atoms with Gasteiger partial charge in [0.1, 0.15) is 0 Å². The van der Waals surface area contributed by atoms with E-state index in [0.29, 0.717) is 12.6 Å². The standard InChI is InChI=1S/C13H24N2OS/c1-10(2)15(6-4-7-16)12(9-14)13-11(3)5-8-17-13/h5,8,10,12,16H,4,6-7,9,14H2,1-3H3. The van der Waals surface area contributed by atoms with Crippen molar-refractivity contribution in [2.24, 2.45) is 5.73 Å². The molecule has 0 aliphatic heterocycles. The Kier molecular flexibility index (Phi) is 6.12. The zero-order valence-electron chi connectivity index (χ0n) is 11.0. The Morgan fingerprint density at radius 1 is 1.47 bits per heavy atom. The number of nitrogens with two attached hydrogens (primary N) is 1. The fourth-order valence-electron chi connectivity index (χ4n) is 2.15. The number of hydrogen-bond donors (Lipinski definition) is 2. The first kappa shape index (κ1) is 14.6. The Morgan fingerprint density at radius 2 is 2.18 bits per heavy atom. The Labute approximate surface area is 108 Å². The molecule has 17 heavy (non-hydrogen) atoms. The molecule has 1 unspecified atom stereocenters. The van der Waals surface area contributed by atoms with E-state index in [-0.39, 0.29) is 12.6 Å². The van der Waals surface area contributed by atoms with Gasteiger partial charge in [-0.2, -0.15) is 0 Å². The van der Waals surface area contributed by atoms with Crippen LogP contribution in [0.2, 0.25) is 0 Å². The lowest BCUT2D eigenvalue weighted by molar-refractivity contribution is 0.142. The van der Waals surface area contributed by atoms with Crippen molar-refractivity contribution in [3.63, 3.8) is 0 Å². The molecule has 0 bridgehead atoms. The predicted octanol–water partition coefficient (Wildman–Crippen LogP) is 2.15. The molecule has 0 saturated carbocycles. The molecule has 0 radical (unpaired) electrons. The number of aliphatic hydroxyl groups is 1. The minimum atomic E-state index is 0.240. The highest BCUT2D eigenvalue weighted by molar-refractivity contribution is 7.10. The van der Waals surface area contributed by atoms with E-state index >= 15 is 0 Å². The maximum Gasteiger partial charge on any atom is 0.0569 e. The van der Waals surface area contributed by atoms with Crippen molar-refractivity contribution in [2.45, 2.75) is 39.3 Å². The van der Waals surface area contributed by atoms with E-state index in [1.54, 1.807) is 11.3 Å². The number of aliphatic hydroxyl groups excluding tert-OH is 1. The third-order valence-corrected chi connectivity index (χ3v) is 4.19. The van der Waals surface area contributed by atoms with Gasteiger partial charge < -0.3 is 10.8 Å². The quantitative estimate of drug-likeness (QED) is 0.786. The van der Waals surface area contributed by atoms with Gasteiger partial charge in [0.25, 0.3) is 0 Å². The largest absolute Gasteiger partial charge is 0.396 e. The van der Waals surface area contributed by atoms with Crippen LogP contribution in [0.3, 0.4) is 0 Å². The summed E-state index contributed by atoms with van der Waals surface area (Å²) in [5.41, 5.74) is 7.27. The van der Waals surface area contributed by atoms with Gasteiger partial charge in [-0.15, -0.1) is 11.3 Å². The van der Waals surface area contributed by atoms with Gasteiger partial charge >= 0.3 is 0 Å². The molecule has 1 aromatic rings. The summed E-state index contributed by atoms with van der Waals surface area (Å²) in [7, 11) is 0. The van der Waals surface area contributed by atoms with Crippen molar-refractivity contribution in [3.05, 3.63) is 21.9 Å². The first-order valence-corrected chi connectivity index (χ1v) is 7.10. The van der Waals surface area contributed by atoms with Crippen molar-refractivity contribution in [3.8, 4) is 0 Å². The minimum absolute atomic E-state index is 0.240. The Morgan fingerprint density at radius 3 is 2.59 bits per heavy atom. The van der Waals surface area contributed by atoms with Gasteiger partial charge in [-0.25, -0.2) is 0 Å². The summed E-state index contributed by atoms with van der Waals surface area (Å²) in [4.78, 5) is 3.74.